The molecule has 1 spiro atoms. The number of likely N-dealkylation sites (tertiary alicyclic amines) is 1. The van der Waals surface area contributed by atoms with Crippen molar-refractivity contribution in [1.29, 1.82) is 0 Å². The molecule has 4 heterocycles. The number of carbonyl (C=O) groups is 3. The molecule has 2 fully saturated rings. The molecule has 0 radical (unpaired) electrons. The quantitative estimate of drug-likeness (QED) is 0.102. The van der Waals surface area contributed by atoms with Crippen LogP contribution < -0.4 is 38.8 Å². The number of hydrazine groups is 1. The van der Waals surface area contributed by atoms with Gasteiger partial charge in [0.2, 0.25) is 5.96 Å². The van der Waals surface area contributed by atoms with Gasteiger partial charge in [-0.2, -0.15) is 4.99 Å². The Hall–Kier alpha value is -4.97. The number of hydrogen-bond acceptors (Lipinski definition) is 10. The largest absolute Gasteiger partial charge is 0.358 e. The first kappa shape index (κ1) is 30.5. The van der Waals surface area contributed by atoms with Gasteiger partial charge < -0.3 is 37.9 Å². The van der Waals surface area contributed by atoms with Crippen LogP contribution in [0.15, 0.2) is 67.1 Å². The minimum atomic E-state index is -1.08. The summed E-state index contributed by atoms with van der Waals surface area (Å²) in [5.41, 5.74) is 0.665. The van der Waals surface area contributed by atoms with Gasteiger partial charge in [0.05, 0.1) is 17.6 Å². The fourth-order valence-electron chi connectivity index (χ4n) is 5.52. The lowest BCUT2D eigenvalue weighted by Crippen LogP contribution is -2.55. The molecule has 3 aliphatic heterocycles. The van der Waals surface area contributed by atoms with E-state index in [1.807, 2.05) is 19.9 Å². The monoisotopic (exact) mass is 627 g/mol. The van der Waals surface area contributed by atoms with Crippen molar-refractivity contribution in [2.45, 2.75) is 50.5 Å². The van der Waals surface area contributed by atoms with E-state index in [2.05, 4.69) is 46.9 Å². The van der Waals surface area contributed by atoms with Gasteiger partial charge in [0.25, 0.3) is 11.8 Å². The Labute approximate surface area is 256 Å². The van der Waals surface area contributed by atoms with Gasteiger partial charge in [0, 0.05) is 36.3 Å². The number of nitrogens with one attached hydrogen (secondary N) is 4. The molecule has 5 rings (SSSR count). The van der Waals surface area contributed by atoms with Crippen molar-refractivity contribution < 1.29 is 14.4 Å². The first-order chi connectivity index (χ1) is 21.1. The average Bonchev–Trinajstić information content (AvgIpc) is 3.55. The molecule has 3 amide bonds. The fraction of sp³-hybridized carbons (Fsp3) is 0.440. The normalized spacial score (nSPS) is 22.7. The summed E-state index contributed by atoms with van der Waals surface area (Å²) in [5.74, 6) is 16.0. The molecule has 1 aromatic heterocycles. The molecule has 2 saturated heterocycles. The zero-order valence-electron chi connectivity index (χ0n) is 24.1. The lowest BCUT2D eigenvalue weighted by Gasteiger charge is -2.38. The third kappa shape index (κ3) is 5.93. The number of nitrogens with zero attached hydrogens (tertiary/aromatic N) is 8. The van der Waals surface area contributed by atoms with Crippen molar-refractivity contribution in [2.24, 2.45) is 43.2 Å². The maximum atomic E-state index is 13.6. The van der Waals surface area contributed by atoms with Gasteiger partial charge in [-0.05, 0) is 44.9 Å². The molecule has 1 aromatic carbocycles. The van der Waals surface area contributed by atoms with Gasteiger partial charge in [0.15, 0.2) is 18.0 Å². The van der Waals surface area contributed by atoms with Crippen LogP contribution in [-0.2, 0) is 4.79 Å². The number of benzene rings is 1. The summed E-state index contributed by atoms with van der Waals surface area (Å²) in [5, 5.41) is 27.6. The molecule has 44 heavy (non-hydrogen) atoms. The summed E-state index contributed by atoms with van der Waals surface area (Å²) in [4.78, 5) is 45.4. The summed E-state index contributed by atoms with van der Waals surface area (Å²) >= 11 is 6.17. The highest BCUT2D eigenvalue weighted by Gasteiger charge is 2.44. The predicted octanol–water partition coefficient (Wildman–Crippen LogP) is 0.148. The molecule has 2 atom stereocenters. The SMILES string of the molecule is CC(C)NC(=O)n1ccc2c(C(=O)N3CCC4(CC3)CN(N)/C(=N\C(=O)C3NC(Cl)=C(N=NN)NC3N=NN)N4)cccc21. The zero-order chi connectivity index (χ0) is 31.6. The van der Waals surface area contributed by atoms with E-state index in [0.29, 0.717) is 48.9 Å². The van der Waals surface area contributed by atoms with Crippen LogP contribution in [0.2, 0.25) is 0 Å². The number of piperidine rings is 1. The van der Waals surface area contributed by atoms with Crippen LogP contribution in [0.4, 0.5) is 4.79 Å². The van der Waals surface area contributed by atoms with Gasteiger partial charge in [-0.1, -0.05) is 28.1 Å². The lowest BCUT2D eigenvalue weighted by molar-refractivity contribution is -0.120. The molecule has 19 heteroatoms. The van der Waals surface area contributed by atoms with Crippen molar-refractivity contribution in [3.8, 4) is 0 Å². The smallest absolute Gasteiger partial charge is 0.326 e. The summed E-state index contributed by atoms with van der Waals surface area (Å²) in [7, 11) is 0. The van der Waals surface area contributed by atoms with Gasteiger partial charge in [-0.25, -0.2) is 10.6 Å². The summed E-state index contributed by atoms with van der Waals surface area (Å²) in [6.45, 7) is 5.02. The first-order valence-corrected chi connectivity index (χ1v) is 14.2. The highest BCUT2D eigenvalue weighted by Crippen LogP contribution is 2.29. The minimum Gasteiger partial charge on any atom is -0.358 e. The summed E-state index contributed by atoms with van der Waals surface area (Å²) in [6.07, 6.45) is 1.78. The number of halogens is 1. The van der Waals surface area contributed by atoms with Crippen LogP contribution >= 0.6 is 11.6 Å². The number of amides is 3. The van der Waals surface area contributed by atoms with E-state index in [1.54, 1.807) is 29.3 Å². The second kappa shape index (κ2) is 12.3. The number of aliphatic imine (C=N–C) groups is 1. The Kier molecular flexibility index (Phi) is 8.54. The Morgan fingerprint density at radius 2 is 1.86 bits per heavy atom. The van der Waals surface area contributed by atoms with Crippen LogP contribution in [-0.4, -0.2) is 81.7 Å². The van der Waals surface area contributed by atoms with Crippen molar-refractivity contribution >= 4 is 46.3 Å². The highest BCUT2D eigenvalue weighted by atomic mass is 35.5. The number of aromatic nitrogens is 1. The second-order valence-electron chi connectivity index (χ2n) is 10.9. The topological polar surface area (TPSA) is 251 Å². The van der Waals surface area contributed by atoms with E-state index >= 15 is 0 Å². The number of nitrogens with two attached hydrogens (primary N) is 3. The molecule has 0 saturated carbocycles. The van der Waals surface area contributed by atoms with Crippen molar-refractivity contribution in [2.75, 3.05) is 19.6 Å². The first-order valence-electron chi connectivity index (χ1n) is 13.8. The summed E-state index contributed by atoms with van der Waals surface area (Å²) in [6, 6.07) is 5.76. The van der Waals surface area contributed by atoms with E-state index in [-0.39, 0.29) is 34.9 Å². The van der Waals surface area contributed by atoms with Crippen molar-refractivity contribution in [1.82, 2.24) is 35.7 Å². The Bertz CT molecular complexity index is 1570. The molecule has 234 valence electrons. The fourth-order valence-corrected chi connectivity index (χ4v) is 5.73. The third-order valence-electron chi connectivity index (χ3n) is 7.65. The van der Waals surface area contributed by atoms with Crippen LogP contribution in [0.3, 0.4) is 0 Å². The van der Waals surface area contributed by atoms with Crippen LogP contribution in [0.1, 0.15) is 37.0 Å². The summed E-state index contributed by atoms with van der Waals surface area (Å²) < 4.78 is 1.51. The molecule has 10 N–H and O–H groups in total. The number of carbonyl (C=O) groups excluding carboxylic acids is 3. The number of rotatable bonds is 5. The Morgan fingerprint density at radius 1 is 1.11 bits per heavy atom. The molecular weight excluding hydrogens is 594 g/mol. The molecule has 0 bridgehead atoms. The van der Waals surface area contributed by atoms with Gasteiger partial charge >= 0.3 is 6.03 Å². The van der Waals surface area contributed by atoms with E-state index in [0.717, 1.165) is 0 Å². The van der Waals surface area contributed by atoms with Gasteiger partial charge in [0.1, 0.15) is 5.16 Å². The van der Waals surface area contributed by atoms with Crippen molar-refractivity contribution in [3.63, 3.8) is 0 Å². The standard InChI is InChI=1S/C25H34ClN15O3/c1-13(2)30-24(44)40-9-6-14-15(4-3-5-16(14)40)22(43)39-10-7-25(8-11-39)12-41(29)23(34-25)33-21(42)17-19(35-37-27)32-20(36-38-28)18(26)31-17/h3-6,9,13,17,19,31-32H,7-8,10-12,29H2,1-2H3,(H2,27,35)(H2,28,36)(H,30,44)(H,33,34,42). The zero-order valence-corrected chi connectivity index (χ0v) is 24.8. The van der Waals surface area contributed by atoms with Gasteiger partial charge in [-0.15, -0.1) is 10.2 Å². The minimum absolute atomic E-state index is 0.0233. The Balaban J connectivity index is 1.26. The lowest BCUT2D eigenvalue weighted by atomic mass is 9.88. The molecule has 2 unspecified atom stereocenters. The number of fused-ring (bicyclic) bond motifs is 1. The molecule has 2 aromatic rings. The average molecular weight is 628 g/mol. The molecule has 0 aliphatic carbocycles. The van der Waals surface area contributed by atoms with E-state index in [4.69, 9.17) is 29.1 Å². The van der Waals surface area contributed by atoms with Crippen molar-refractivity contribution in [3.05, 3.63) is 47.0 Å². The number of guanidine groups is 1. The van der Waals surface area contributed by atoms with Crippen LogP contribution in [0.5, 0.6) is 0 Å². The molecular formula is C25H34ClN15O3. The van der Waals surface area contributed by atoms with E-state index < -0.39 is 23.7 Å². The van der Waals surface area contributed by atoms with E-state index in [1.165, 1.54) is 9.58 Å². The molecule has 18 nitrogen and oxygen atoms in total. The number of hydrogen-bond donors (Lipinski definition) is 7. The predicted molar refractivity (Wildman–Crippen MR) is 160 cm³/mol. The highest BCUT2D eigenvalue weighted by molar-refractivity contribution is 6.29. The van der Waals surface area contributed by atoms with Gasteiger partial charge in [-0.3, -0.25) is 19.2 Å². The maximum Gasteiger partial charge on any atom is 0.326 e. The Morgan fingerprint density at radius 3 is 2.55 bits per heavy atom. The maximum absolute atomic E-state index is 13.6. The second-order valence-corrected chi connectivity index (χ2v) is 11.3. The van der Waals surface area contributed by atoms with E-state index in [9.17, 15) is 14.4 Å². The van der Waals surface area contributed by atoms with Crippen LogP contribution in [0, 0.1) is 0 Å². The molecule has 3 aliphatic rings. The van der Waals surface area contributed by atoms with Crippen LogP contribution in [0.25, 0.3) is 10.9 Å². The third-order valence-corrected chi connectivity index (χ3v) is 7.93.